The Morgan fingerprint density at radius 2 is 1.90 bits per heavy atom. The maximum absolute atomic E-state index is 5.02. The molecule has 4 aliphatic heterocycles. The molecule has 0 amide bonds. The second-order valence-corrected chi connectivity index (χ2v) is 8.56. The van der Waals surface area contributed by atoms with Gasteiger partial charge in [0, 0.05) is 75.4 Å². The number of allylic oxidation sites excluding steroid dienone is 2. The second-order valence-electron chi connectivity index (χ2n) is 8.56. The third kappa shape index (κ3) is 3.07. The molecule has 1 aromatic carbocycles. The molecular formula is C23H28N6. The summed E-state index contributed by atoms with van der Waals surface area (Å²) in [5.41, 5.74) is 4.77. The largest absolute Gasteiger partial charge is 0.369 e. The molecule has 0 radical (unpaired) electrons. The number of hydrogen-bond donors (Lipinski definition) is 3. The predicted molar refractivity (Wildman–Crippen MR) is 118 cm³/mol. The van der Waals surface area contributed by atoms with Crippen LogP contribution in [-0.2, 0) is 0 Å². The molecule has 150 valence electrons. The topological polar surface area (TPSA) is 55.5 Å². The standard InChI is InChI=1S/C23H28N6/c1-2-4-19-18(3-1)22(29-14-17-13-25-21(17)15-29)11-20(27-19)16-5-6-23(26-12-16)28-9-7-24-8-10-28/h1-6,11,17,21,24-26H,7-10,12-15H2/t17-,21+/m0/s1. The van der Waals surface area contributed by atoms with Crippen molar-refractivity contribution in [1.29, 1.82) is 0 Å². The number of dihydropyridines is 1. The maximum Gasteiger partial charge on any atom is 0.102 e. The molecule has 29 heavy (non-hydrogen) atoms. The molecule has 3 fully saturated rings. The van der Waals surface area contributed by atoms with Crippen molar-refractivity contribution in [3.05, 3.63) is 54.0 Å². The molecule has 4 aliphatic rings. The van der Waals surface area contributed by atoms with E-state index < -0.39 is 0 Å². The third-order valence-corrected chi connectivity index (χ3v) is 6.81. The normalized spacial score (nSPS) is 26.5. The van der Waals surface area contributed by atoms with Crippen molar-refractivity contribution in [2.45, 2.75) is 6.04 Å². The lowest BCUT2D eigenvalue weighted by atomic mass is 9.96. The third-order valence-electron chi connectivity index (χ3n) is 6.81. The van der Waals surface area contributed by atoms with Gasteiger partial charge in [-0.3, -0.25) is 0 Å². The van der Waals surface area contributed by atoms with Gasteiger partial charge in [0.25, 0.3) is 0 Å². The minimum absolute atomic E-state index is 0.658. The number of hydrogen-bond acceptors (Lipinski definition) is 6. The molecule has 1 aromatic heterocycles. The van der Waals surface area contributed by atoms with Crippen LogP contribution in [-0.4, -0.2) is 68.3 Å². The maximum atomic E-state index is 5.02. The molecule has 0 aliphatic carbocycles. The quantitative estimate of drug-likeness (QED) is 0.739. The summed E-state index contributed by atoms with van der Waals surface area (Å²) in [5.74, 6) is 2.03. The first-order valence-corrected chi connectivity index (χ1v) is 10.8. The van der Waals surface area contributed by atoms with Gasteiger partial charge in [0.15, 0.2) is 0 Å². The zero-order valence-electron chi connectivity index (χ0n) is 16.7. The second kappa shape index (κ2) is 7.04. The van der Waals surface area contributed by atoms with Crippen LogP contribution in [0.5, 0.6) is 0 Å². The first-order chi connectivity index (χ1) is 14.3. The first kappa shape index (κ1) is 17.3. The highest BCUT2D eigenvalue weighted by molar-refractivity contribution is 5.94. The number of pyridine rings is 1. The van der Waals surface area contributed by atoms with Crippen molar-refractivity contribution in [3.63, 3.8) is 0 Å². The van der Waals surface area contributed by atoms with Gasteiger partial charge in [-0.05, 0) is 23.8 Å². The summed E-state index contributed by atoms with van der Waals surface area (Å²) in [6, 6.07) is 11.5. The lowest BCUT2D eigenvalue weighted by Crippen LogP contribution is -2.51. The minimum Gasteiger partial charge on any atom is -0.369 e. The van der Waals surface area contributed by atoms with Crippen molar-refractivity contribution < 1.29 is 0 Å². The molecule has 3 N–H and O–H groups in total. The van der Waals surface area contributed by atoms with Crippen LogP contribution in [0, 0.1) is 5.92 Å². The number of benzene rings is 1. The van der Waals surface area contributed by atoms with Gasteiger partial charge in [0.2, 0.25) is 0 Å². The van der Waals surface area contributed by atoms with E-state index in [1.807, 2.05) is 0 Å². The van der Waals surface area contributed by atoms with Crippen molar-refractivity contribution in [2.75, 3.05) is 57.3 Å². The lowest BCUT2D eigenvalue weighted by molar-refractivity contribution is 0.282. The van der Waals surface area contributed by atoms with E-state index in [1.54, 1.807) is 0 Å². The summed E-state index contributed by atoms with van der Waals surface area (Å²) in [4.78, 5) is 10.0. The van der Waals surface area contributed by atoms with Gasteiger partial charge < -0.3 is 25.8 Å². The van der Waals surface area contributed by atoms with E-state index in [0.717, 1.165) is 69.5 Å². The fourth-order valence-corrected chi connectivity index (χ4v) is 5.01. The van der Waals surface area contributed by atoms with Crippen LogP contribution in [0.1, 0.15) is 5.69 Å². The Bertz CT molecular complexity index is 978. The zero-order chi connectivity index (χ0) is 19.2. The Balaban J connectivity index is 1.34. The molecule has 6 heteroatoms. The fourth-order valence-electron chi connectivity index (χ4n) is 5.01. The number of aromatic nitrogens is 1. The Hall–Kier alpha value is -2.57. The fraction of sp³-hybridized carbons (Fsp3) is 0.435. The number of piperazine rings is 1. The smallest absolute Gasteiger partial charge is 0.102 e. The number of nitrogens with zero attached hydrogens (tertiary/aromatic N) is 3. The van der Waals surface area contributed by atoms with Gasteiger partial charge in [-0.2, -0.15) is 0 Å². The van der Waals surface area contributed by atoms with Gasteiger partial charge in [-0.25, -0.2) is 4.98 Å². The lowest BCUT2D eigenvalue weighted by Gasteiger charge is -2.33. The highest BCUT2D eigenvalue weighted by Gasteiger charge is 2.39. The van der Waals surface area contributed by atoms with Crippen LogP contribution in [0.15, 0.2) is 48.3 Å². The van der Waals surface area contributed by atoms with Crippen LogP contribution in [0.4, 0.5) is 5.69 Å². The molecular weight excluding hydrogens is 360 g/mol. The molecule has 6 rings (SSSR count). The van der Waals surface area contributed by atoms with Crippen LogP contribution in [0.2, 0.25) is 0 Å². The molecule has 3 saturated heterocycles. The molecule has 5 heterocycles. The number of anilines is 1. The van der Waals surface area contributed by atoms with Gasteiger partial charge in [-0.15, -0.1) is 0 Å². The van der Waals surface area contributed by atoms with Crippen LogP contribution in [0.3, 0.4) is 0 Å². The van der Waals surface area contributed by atoms with Gasteiger partial charge in [-0.1, -0.05) is 24.3 Å². The summed E-state index contributed by atoms with van der Waals surface area (Å²) in [6.45, 7) is 8.46. The van der Waals surface area contributed by atoms with E-state index in [2.05, 4.69) is 68.2 Å². The average molecular weight is 389 g/mol. The monoisotopic (exact) mass is 388 g/mol. The van der Waals surface area contributed by atoms with Crippen LogP contribution < -0.4 is 20.9 Å². The number of nitrogens with one attached hydrogen (secondary N) is 3. The molecule has 0 spiro atoms. The van der Waals surface area contributed by atoms with Crippen LogP contribution >= 0.6 is 0 Å². The van der Waals surface area contributed by atoms with Crippen LogP contribution in [0.25, 0.3) is 16.5 Å². The molecule has 2 atom stereocenters. The molecule has 0 bridgehead atoms. The van der Waals surface area contributed by atoms with Gasteiger partial charge >= 0.3 is 0 Å². The van der Waals surface area contributed by atoms with E-state index in [4.69, 9.17) is 4.98 Å². The highest BCUT2D eigenvalue weighted by atomic mass is 15.3. The highest BCUT2D eigenvalue weighted by Crippen LogP contribution is 2.34. The summed E-state index contributed by atoms with van der Waals surface area (Å²) in [7, 11) is 0. The summed E-state index contributed by atoms with van der Waals surface area (Å²) in [5, 5.41) is 11.9. The summed E-state index contributed by atoms with van der Waals surface area (Å²) in [6.07, 6.45) is 4.48. The zero-order valence-corrected chi connectivity index (χ0v) is 16.7. The van der Waals surface area contributed by atoms with Gasteiger partial charge in [0.05, 0.1) is 11.2 Å². The SMILES string of the molecule is C1=C(c2cc(N3C[C@@H]4CN[C@@H]4C3)c3ccccc3n2)CNC(N2CCNCC2)=C1. The Morgan fingerprint density at radius 3 is 2.62 bits per heavy atom. The van der Waals surface area contributed by atoms with Crippen molar-refractivity contribution >= 4 is 22.2 Å². The number of rotatable bonds is 3. The minimum atomic E-state index is 0.658. The molecule has 0 unspecified atom stereocenters. The number of fused-ring (bicyclic) bond motifs is 2. The summed E-state index contributed by atoms with van der Waals surface area (Å²) < 4.78 is 0. The first-order valence-electron chi connectivity index (χ1n) is 10.8. The average Bonchev–Trinajstić information content (AvgIpc) is 3.07. The summed E-state index contributed by atoms with van der Waals surface area (Å²) >= 11 is 0. The van der Waals surface area contributed by atoms with E-state index in [0.29, 0.717) is 6.04 Å². The van der Waals surface area contributed by atoms with E-state index in [9.17, 15) is 0 Å². The molecule has 2 aromatic rings. The van der Waals surface area contributed by atoms with Gasteiger partial charge in [0.1, 0.15) is 5.82 Å². The van der Waals surface area contributed by atoms with Crippen molar-refractivity contribution in [3.8, 4) is 0 Å². The Labute approximate surface area is 171 Å². The van der Waals surface area contributed by atoms with Crippen molar-refractivity contribution in [2.24, 2.45) is 5.92 Å². The molecule has 6 nitrogen and oxygen atoms in total. The predicted octanol–water partition coefficient (Wildman–Crippen LogP) is 1.38. The van der Waals surface area contributed by atoms with E-state index >= 15 is 0 Å². The van der Waals surface area contributed by atoms with Crippen molar-refractivity contribution in [1.82, 2.24) is 25.8 Å². The Morgan fingerprint density at radius 1 is 1.00 bits per heavy atom. The Kier molecular flexibility index (Phi) is 4.20. The van der Waals surface area contributed by atoms with E-state index in [1.165, 1.54) is 22.5 Å². The molecule has 0 saturated carbocycles. The van der Waals surface area contributed by atoms with E-state index in [-0.39, 0.29) is 0 Å². The number of para-hydroxylation sites is 1.